The molecule has 0 spiro atoms. The Morgan fingerprint density at radius 1 is 0.660 bits per heavy atom. The van der Waals surface area contributed by atoms with E-state index in [2.05, 4.69) is 159 Å². The average molecular weight is 713 g/mol. The normalized spacial score (nSPS) is 21.6. The van der Waals surface area contributed by atoms with Crippen molar-refractivity contribution in [3.8, 4) is 0 Å². The summed E-state index contributed by atoms with van der Waals surface area (Å²) in [5.74, 6) is 0. The summed E-state index contributed by atoms with van der Waals surface area (Å²) in [6, 6.07) is 29.3. The van der Waals surface area contributed by atoms with Crippen LogP contribution >= 0.6 is 11.3 Å². The number of hydrogen-bond donors (Lipinski definition) is 0. The third-order valence-corrected chi connectivity index (χ3v) is 15.3. The third-order valence-electron chi connectivity index (χ3n) is 14.1. The van der Waals surface area contributed by atoms with Crippen LogP contribution in [-0.4, -0.2) is 12.3 Å². The van der Waals surface area contributed by atoms with Gasteiger partial charge in [-0.05, 0) is 125 Å². The lowest BCUT2D eigenvalue weighted by molar-refractivity contribution is 0.195. The highest BCUT2D eigenvalue weighted by molar-refractivity contribution is 7.26. The largest absolute Gasteiger partial charge is 0.335 e. The van der Waals surface area contributed by atoms with Gasteiger partial charge in [-0.15, -0.1) is 11.3 Å². The van der Waals surface area contributed by atoms with Crippen LogP contribution in [0.4, 0.5) is 28.4 Å². The van der Waals surface area contributed by atoms with Gasteiger partial charge >= 0.3 is 0 Å². The van der Waals surface area contributed by atoms with E-state index >= 15 is 0 Å². The second-order valence-electron chi connectivity index (χ2n) is 19.5. The van der Waals surface area contributed by atoms with Crippen molar-refractivity contribution in [3.05, 3.63) is 106 Å². The Morgan fingerprint density at radius 2 is 1.32 bits per heavy atom. The van der Waals surface area contributed by atoms with Crippen LogP contribution in [0.2, 0.25) is 0 Å². The summed E-state index contributed by atoms with van der Waals surface area (Å²) >= 11 is 1.94. The molecule has 4 heterocycles. The van der Waals surface area contributed by atoms with E-state index in [-0.39, 0.29) is 28.5 Å². The Hall–Kier alpha value is -4.02. The van der Waals surface area contributed by atoms with Crippen LogP contribution in [0.3, 0.4) is 0 Å². The molecule has 0 N–H and O–H groups in total. The van der Waals surface area contributed by atoms with E-state index in [0.717, 1.165) is 0 Å². The quantitative estimate of drug-likeness (QED) is 0.156. The van der Waals surface area contributed by atoms with Gasteiger partial charge in [0.25, 0.3) is 6.71 Å². The minimum Gasteiger partial charge on any atom is -0.335 e. The highest BCUT2D eigenvalue weighted by Crippen LogP contribution is 2.62. The van der Waals surface area contributed by atoms with E-state index < -0.39 is 0 Å². The molecule has 2 nitrogen and oxygen atoms in total. The molecule has 10 rings (SSSR count). The van der Waals surface area contributed by atoms with Gasteiger partial charge in [-0.3, -0.25) is 0 Å². The lowest BCUT2D eigenvalue weighted by atomic mass is 9.33. The van der Waals surface area contributed by atoms with Crippen molar-refractivity contribution in [2.75, 3.05) is 9.80 Å². The number of aryl methyl sites for hydroxylation is 3. The molecule has 2 unspecified atom stereocenters. The standard InChI is InChI=1S/C49H53BN2S/c1-28-22-37-42-38(23-28)52-44-34(48(10)20-14-15-21-49(48,52)11)26-32(47(7,8)9)27-36(44)50(42)35-18-19-40-41(33-16-12-13-17-39(33)53-40)45(35)51(37)43-29(2)24-31(25-30(43)3)46(4,5)6/h12-13,16-19,22-27H,14-15,20-21H2,1-11H3. The molecule has 2 atom stereocenters. The minimum atomic E-state index is 0.00415. The van der Waals surface area contributed by atoms with E-state index in [4.69, 9.17) is 0 Å². The van der Waals surface area contributed by atoms with Gasteiger partial charge in [0.1, 0.15) is 0 Å². The number of fused-ring (bicyclic) bond motifs is 11. The van der Waals surface area contributed by atoms with Crippen LogP contribution in [0.1, 0.15) is 114 Å². The third kappa shape index (κ3) is 4.28. The Balaban J connectivity index is 1.39. The Morgan fingerprint density at radius 3 is 2.04 bits per heavy atom. The Kier molecular flexibility index (Phi) is 6.71. The number of rotatable bonds is 1. The number of hydrogen-bond acceptors (Lipinski definition) is 3. The summed E-state index contributed by atoms with van der Waals surface area (Å²) in [7, 11) is 0. The fourth-order valence-electron chi connectivity index (χ4n) is 11.2. The lowest BCUT2D eigenvalue weighted by Crippen LogP contribution is -2.64. The summed E-state index contributed by atoms with van der Waals surface area (Å²) in [5.41, 5.74) is 20.1. The van der Waals surface area contributed by atoms with Crippen molar-refractivity contribution in [1.82, 2.24) is 0 Å². The Bertz CT molecular complexity index is 2560. The number of thiophene rings is 1. The van der Waals surface area contributed by atoms with Crippen LogP contribution in [-0.2, 0) is 16.2 Å². The molecule has 53 heavy (non-hydrogen) atoms. The van der Waals surface area contributed by atoms with Gasteiger partial charge in [0.05, 0.1) is 16.9 Å². The van der Waals surface area contributed by atoms with Crippen LogP contribution in [0.25, 0.3) is 20.2 Å². The van der Waals surface area contributed by atoms with Gasteiger partial charge in [-0.2, -0.15) is 0 Å². The van der Waals surface area contributed by atoms with E-state index in [1.165, 1.54) is 118 Å². The monoisotopic (exact) mass is 712 g/mol. The molecule has 1 aromatic heterocycles. The van der Waals surface area contributed by atoms with Crippen molar-refractivity contribution in [2.45, 2.75) is 124 Å². The van der Waals surface area contributed by atoms with Crippen LogP contribution < -0.4 is 26.2 Å². The van der Waals surface area contributed by atoms with Crippen LogP contribution in [0.15, 0.2) is 72.8 Å². The molecule has 268 valence electrons. The van der Waals surface area contributed by atoms with E-state index in [0.29, 0.717) is 0 Å². The van der Waals surface area contributed by atoms with Crippen LogP contribution in [0, 0.1) is 20.8 Å². The van der Waals surface area contributed by atoms with E-state index in [1.54, 1.807) is 5.56 Å². The van der Waals surface area contributed by atoms with E-state index in [9.17, 15) is 0 Å². The predicted octanol–water partition coefficient (Wildman–Crippen LogP) is 11.9. The maximum atomic E-state index is 2.88. The highest BCUT2D eigenvalue weighted by Gasteiger charge is 2.61. The number of nitrogens with zero attached hydrogens (tertiary/aromatic N) is 2. The molecule has 4 heteroatoms. The van der Waals surface area contributed by atoms with E-state index in [1.807, 2.05) is 11.3 Å². The molecular formula is C49H53BN2S. The fraction of sp³-hybridized carbons (Fsp3) is 0.388. The number of anilines is 5. The van der Waals surface area contributed by atoms with Gasteiger partial charge < -0.3 is 9.80 Å². The van der Waals surface area contributed by atoms with Crippen molar-refractivity contribution < 1.29 is 0 Å². The van der Waals surface area contributed by atoms with Crippen molar-refractivity contribution in [2.24, 2.45) is 0 Å². The van der Waals surface area contributed by atoms with Gasteiger partial charge in [0.15, 0.2) is 0 Å². The average Bonchev–Trinajstić information content (AvgIpc) is 3.57. The summed E-state index contributed by atoms with van der Waals surface area (Å²) in [6.45, 7) is 26.6. The molecule has 5 aromatic carbocycles. The minimum absolute atomic E-state index is 0.00415. The zero-order valence-corrected chi connectivity index (χ0v) is 34.5. The van der Waals surface area contributed by atoms with Gasteiger partial charge in [0, 0.05) is 42.6 Å². The molecule has 0 bridgehead atoms. The highest BCUT2D eigenvalue weighted by atomic mass is 32.1. The molecule has 1 saturated carbocycles. The molecule has 6 aromatic rings. The van der Waals surface area contributed by atoms with Gasteiger partial charge in [-0.25, -0.2) is 0 Å². The lowest BCUT2D eigenvalue weighted by Gasteiger charge is -2.53. The van der Waals surface area contributed by atoms with Crippen molar-refractivity contribution >= 4 is 83.0 Å². The summed E-state index contributed by atoms with van der Waals surface area (Å²) in [6.07, 6.45) is 5.03. The molecule has 1 aliphatic carbocycles. The first kappa shape index (κ1) is 33.5. The first-order chi connectivity index (χ1) is 25.0. The summed E-state index contributed by atoms with van der Waals surface area (Å²) < 4.78 is 2.73. The van der Waals surface area contributed by atoms with Crippen molar-refractivity contribution in [1.29, 1.82) is 0 Å². The molecule has 0 saturated heterocycles. The van der Waals surface area contributed by atoms with Gasteiger partial charge in [0.2, 0.25) is 0 Å². The van der Waals surface area contributed by atoms with Crippen molar-refractivity contribution in [3.63, 3.8) is 0 Å². The molecule has 4 aliphatic rings. The summed E-state index contributed by atoms with van der Waals surface area (Å²) in [4.78, 5) is 5.62. The zero-order chi connectivity index (χ0) is 37.1. The topological polar surface area (TPSA) is 6.48 Å². The Labute approximate surface area is 321 Å². The summed E-state index contributed by atoms with van der Waals surface area (Å²) in [5, 5.41) is 2.76. The molecule has 0 amide bonds. The predicted molar refractivity (Wildman–Crippen MR) is 233 cm³/mol. The second kappa shape index (κ2) is 10.6. The molecule has 3 aliphatic heterocycles. The molecule has 0 radical (unpaired) electrons. The number of benzene rings is 5. The first-order valence-corrected chi connectivity index (χ1v) is 20.8. The fourth-order valence-corrected chi connectivity index (χ4v) is 12.3. The SMILES string of the molecule is Cc1cc2c3c(c1)N1c4c(cc(C(C)(C)C)cc4C4(C)CCCCC14C)B3c1ccc3sc4ccccc4c3c1N2c1c(C)cc(C(C)(C)C)cc1C. The second-order valence-corrected chi connectivity index (χ2v) is 20.6. The first-order valence-electron chi connectivity index (χ1n) is 20.0. The molecule has 1 fully saturated rings. The maximum absolute atomic E-state index is 2.88. The smallest absolute Gasteiger partial charge is 0.252 e. The van der Waals surface area contributed by atoms with Crippen LogP contribution in [0.5, 0.6) is 0 Å². The van der Waals surface area contributed by atoms with Gasteiger partial charge in [-0.1, -0.05) is 110 Å². The molecular weight excluding hydrogens is 659 g/mol. The zero-order valence-electron chi connectivity index (χ0n) is 33.6. The maximum Gasteiger partial charge on any atom is 0.252 e.